The largest absolute Gasteiger partial charge is 0.481 e. The van der Waals surface area contributed by atoms with E-state index in [1.54, 1.807) is 0 Å². The van der Waals surface area contributed by atoms with Crippen LogP contribution in [0.25, 0.3) is 0 Å². The zero-order valence-corrected chi connectivity index (χ0v) is 14.2. The molecule has 0 aromatic heterocycles. The fourth-order valence-corrected chi connectivity index (χ4v) is 2.75. The number of halogens is 1. The number of carbonyl (C=O) groups excluding carboxylic acids is 1. The maximum atomic E-state index is 12.1. The fraction of sp³-hybridized carbons (Fsp3) is 0.467. The molecule has 6 heteroatoms. The minimum Gasteiger partial charge on any atom is -0.481 e. The van der Waals surface area contributed by atoms with E-state index in [4.69, 9.17) is 5.11 Å². The van der Waals surface area contributed by atoms with Gasteiger partial charge in [0.25, 0.3) is 0 Å². The third kappa shape index (κ3) is 5.38. The Hall–Kier alpha value is -1.56. The predicted molar refractivity (Wildman–Crippen MR) is 86.6 cm³/mol. The highest BCUT2D eigenvalue weighted by Crippen LogP contribution is 2.25. The Kier molecular flexibility index (Phi) is 6.20. The number of hydrogen-bond acceptors (Lipinski definition) is 2. The molecular weight excluding hydrogens is 336 g/mol. The van der Waals surface area contributed by atoms with Crippen molar-refractivity contribution in [3.05, 3.63) is 27.7 Å². The number of anilines is 1. The average Bonchev–Trinajstić information content (AvgIpc) is 2.32. The van der Waals surface area contributed by atoms with Crippen molar-refractivity contribution in [3.63, 3.8) is 0 Å². The van der Waals surface area contributed by atoms with Crippen LogP contribution in [0.3, 0.4) is 0 Å². The van der Waals surface area contributed by atoms with Gasteiger partial charge in [-0.15, -0.1) is 0 Å². The van der Waals surface area contributed by atoms with Gasteiger partial charge in [-0.1, -0.05) is 29.8 Å². The number of amides is 2. The first-order valence-electron chi connectivity index (χ1n) is 6.76. The molecule has 0 aliphatic heterocycles. The first kappa shape index (κ1) is 17.5. The number of benzene rings is 1. The van der Waals surface area contributed by atoms with Gasteiger partial charge in [-0.25, -0.2) is 4.79 Å². The molecule has 1 aromatic carbocycles. The van der Waals surface area contributed by atoms with E-state index in [0.717, 1.165) is 21.3 Å². The minimum atomic E-state index is -0.926. The Morgan fingerprint density at radius 2 is 1.76 bits per heavy atom. The van der Waals surface area contributed by atoms with E-state index in [1.807, 2.05) is 39.8 Å². The van der Waals surface area contributed by atoms with Crippen molar-refractivity contribution in [2.45, 2.75) is 40.2 Å². The van der Waals surface area contributed by atoms with Crippen LogP contribution < -0.4 is 10.6 Å². The highest BCUT2D eigenvalue weighted by atomic mass is 79.9. The topological polar surface area (TPSA) is 78.4 Å². The predicted octanol–water partition coefficient (Wildman–Crippen LogP) is 3.69. The van der Waals surface area contributed by atoms with Gasteiger partial charge in [-0.2, -0.15) is 0 Å². The van der Waals surface area contributed by atoms with Gasteiger partial charge in [0.2, 0.25) is 0 Å². The molecule has 2 amide bonds. The lowest BCUT2D eigenvalue weighted by Gasteiger charge is -2.21. The molecule has 5 nitrogen and oxygen atoms in total. The number of urea groups is 1. The molecule has 0 aliphatic rings. The van der Waals surface area contributed by atoms with Crippen LogP contribution in [-0.4, -0.2) is 23.1 Å². The van der Waals surface area contributed by atoms with Gasteiger partial charge >= 0.3 is 12.0 Å². The SMILES string of the molecule is Cc1cc(Br)cc(C)c1NC(=O)NC(CC(=O)O)C(C)C. The molecule has 0 aliphatic carbocycles. The van der Waals surface area contributed by atoms with Crippen molar-refractivity contribution in [2.24, 2.45) is 5.92 Å². The molecule has 0 fully saturated rings. The van der Waals surface area contributed by atoms with Gasteiger partial charge in [-0.05, 0) is 43.0 Å². The molecular formula is C15H21BrN2O3. The quantitative estimate of drug-likeness (QED) is 0.752. The molecule has 0 spiro atoms. The first-order chi connectivity index (χ1) is 9.70. The molecule has 3 N–H and O–H groups in total. The van der Waals surface area contributed by atoms with Gasteiger partial charge in [0, 0.05) is 16.2 Å². The summed E-state index contributed by atoms with van der Waals surface area (Å²) < 4.78 is 0.953. The molecule has 1 aromatic rings. The van der Waals surface area contributed by atoms with E-state index in [9.17, 15) is 9.59 Å². The summed E-state index contributed by atoms with van der Waals surface area (Å²) in [7, 11) is 0. The van der Waals surface area contributed by atoms with E-state index in [1.165, 1.54) is 0 Å². The summed E-state index contributed by atoms with van der Waals surface area (Å²) in [5, 5.41) is 14.4. The van der Waals surface area contributed by atoms with Crippen LogP contribution >= 0.6 is 15.9 Å². The van der Waals surface area contributed by atoms with E-state index >= 15 is 0 Å². The summed E-state index contributed by atoms with van der Waals surface area (Å²) in [5.41, 5.74) is 2.63. The summed E-state index contributed by atoms with van der Waals surface area (Å²) in [6.07, 6.45) is -0.0939. The van der Waals surface area contributed by atoms with E-state index in [0.29, 0.717) is 0 Å². The molecule has 1 atom stereocenters. The Morgan fingerprint density at radius 3 is 2.19 bits per heavy atom. The van der Waals surface area contributed by atoms with Gasteiger partial charge < -0.3 is 15.7 Å². The van der Waals surface area contributed by atoms with Crippen LogP contribution in [0.2, 0.25) is 0 Å². The second kappa shape index (κ2) is 7.45. The Bertz CT molecular complexity index is 521. The Morgan fingerprint density at radius 1 is 1.24 bits per heavy atom. The molecule has 1 unspecified atom stereocenters. The highest BCUT2D eigenvalue weighted by molar-refractivity contribution is 9.10. The second-order valence-electron chi connectivity index (χ2n) is 5.46. The standard InChI is InChI=1S/C15H21BrN2O3/c1-8(2)12(7-13(19)20)17-15(21)18-14-9(3)5-11(16)6-10(14)4/h5-6,8,12H,7H2,1-4H3,(H,19,20)(H2,17,18,21). The summed E-state index contributed by atoms with van der Waals surface area (Å²) in [4.78, 5) is 22.9. The van der Waals surface area contributed by atoms with Crippen LogP contribution in [0.15, 0.2) is 16.6 Å². The molecule has 0 saturated carbocycles. The minimum absolute atomic E-state index is 0.0407. The summed E-state index contributed by atoms with van der Waals surface area (Å²) in [5.74, 6) is -0.885. The number of aliphatic carboxylic acids is 1. The smallest absolute Gasteiger partial charge is 0.319 e. The van der Waals surface area contributed by atoms with Crippen molar-refractivity contribution < 1.29 is 14.7 Å². The molecule has 0 radical (unpaired) electrons. The number of carboxylic acid groups (broad SMARTS) is 1. The van der Waals surface area contributed by atoms with Gasteiger partial charge in [0.1, 0.15) is 0 Å². The molecule has 0 bridgehead atoms. The van der Waals surface area contributed by atoms with Crippen molar-refractivity contribution >= 4 is 33.6 Å². The summed E-state index contributed by atoms with van der Waals surface area (Å²) in [6, 6.07) is 3.04. The number of carbonyl (C=O) groups is 2. The van der Waals surface area contributed by atoms with Crippen LogP contribution in [0.1, 0.15) is 31.4 Å². The Labute approximate surface area is 133 Å². The second-order valence-corrected chi connectivity index (χ2v) is 6.38. The average molecular weight is 357 g/mol. The lowest BCUT2D eigenvalue weighted by atomic mass is 10.0. The van der Waals surface area contributed by atoms with Crippen LogP contribution in [0.4, 0.5) is 10.5 Å². The molecule has 0 saturated heterocycles. The number of aryl methyl sites for hydroxylation is 2. The van der Waals surface area contributed by atoms with Crippen LogP contribution in [0.5, 0.6) is 0 Å². The number of rotatable bonds is 5. The van der Waals surface area contributed by atoms with Crippen molar-refractivity contribution in [1.29, 1.82) is 0 Å². The van der Waals surface area contributed by atoms with E-state index in [-0.39, 0.29) is 18.4 Å². The molecule has 116 valence electrons. The highest BCUT2D eigenvalue weighted by Gasteiger charge is 2.20. The van der Waals surface area contributed by atoms with E-state index in [2.05, 4.69) is 26.6 Å². The summed E-state index contributed by atoms with van der Waals surface area (Å²) >= 11 is 3.41. The van der Waals surface area contributed by atoms with Crippen molar-refractivity contribution in [3.8, 4) is 0 Å². The third-order valence-corrected chi connectivity index (χ3v) is 3.71. The van der Waals surface area contributed by atoms with Gasteiger partial charge in [-0.3, -0.25) is 4.79 Å². The van der Waals surface area contributed by atoms with Crippen molar-refractivity contribution in [2.75, 3.05) is 5.32 Å². The third-order valence-electron chi connectivity index (χ3n) is 3.25. The lowest BCUT2D eigenvalue weighted by Crippen LogP contribution is -2.42. The summed E-state index contributed by atoms with van der Waals surface area (Å²) in [6.45, 7) is 7.57. The van der Waals surface area contributed by atoms with Crippen molar-refractivity contribution in [1.82, 2.24) is 5.32 Å². The number of nitrogens with one attached hydrogen (secondary N) is 2. The Balaban J connectivity index is 2.79. The maximum absolute atomic E-state index is 12.1. The molecule has 21 heavy (non-hydrogen) atoms. The fourth-order valence-electron chi connectivity index (χ4n) is 2.07. The molecule has 1 rings (SSSR count). The first-order valence-corrected chi connectivity index (χ1v) is 7.56. The molecule has 0 heterocycles. The van der Waals surface area contributed by atoms with Crippen LogP contribution in [0, 0.1) is 19.8 Å². The zero-order chi connectivity index (χ0) is 16.2. The lowest BCUT2D eigenvalue weighted by molar-refractivity contribution is -0.137. The number of carboxylic acids is 1. The monoisotopic (exact) mass is 356 g/mol. The zero-order valence-electron chi connectivity index (χ0n) is 12.7. The van der Waals surface area contributed by atoms with Crippen LogP contribution in [-0.2, 0) is 4.79 Å². The van der Waals surface area contributed by atoms with E-state index < -0.39 is 12.0 Å². The van der Waals surface area contributed by atoms with Gasteiger partial charge in [0.05, 0.1) is 6.42 Å². The maximum Gasteiger partial charge on any atom is 0.319 e. The normalized spacial score (nSPS) is 12.1. The van der Waals surface area contributed by atoms with Gasteiger partial charge in [0.15, 0.2) is 0 Å². The number of hydrogen-bond donors (Lipinski definition) is 3.